The molecule has 4 nitrogen and oxygen atoms in total. The van der Waals surface area contributed by atoms with Crippen LogP contribution in [0.3, 0.4) is 0 Å². The SMILES string of the molecule is CCn1c([C@@H](C)Oc2cccc(C)c2C)n[nH]c1=S. The molecule has 1 atom stereocenters. The smallest absolute Gasteiger partial charge is 0.195 e. The molecule has 0 saturated heterocycles. The molecule has 0 fully saturated rings. The van der Waals surface area contributed by atoms with Gasteiger partial charge in [0.15, 0.2) is 16.7 Å². The first-order valence-electron chi connectivity index (χ1n) is 6.42. The van der Waals surface area contributed by atoms with E-state index in [9.17, 15) is 0 Å². The first-order chi connectivity index (χ1) is 9.04. The van der Waals surface area contributed by atoms with Gasteiger partial charge in [-0.3, -0.25) is 5.10 Å². The molecule has 19 heavy (non-hydrogen) atoms. The molecule has 0 radical (unpaired) electrons. The Hall–Kier alpha value is -1.62. The molecule has 102 valence electrons. The molecule has 0 aliphatic carbocycles. The minimum absolute atomic E-state index is 0.145. The van der Waals surface area contributed by atoms with E-state index in [2.05, 4.69) is 30.1 Å². The maximum atomic E-state index is 6.02. The van der Waals surface area contributed by atoms with Gasteiger partial charge in [-0.1, -0.05) is 12.1 Å². The van der Waals surface area contributed by atoms with Crippen molar-refractivity contribution in [2.75, 3.05) is 0 Å². The summed E-state index contributed by atoms with van der Waals surface area (Å²) in [6.07, 6.45) is -0.145. The Morgan fingerprint density at radius 3 is 2.84 bits per heavy atom. The molecule has 1 aromatic heterocycles. The molecule has 2 aromatic rings. The van der Waals surface area contributed by atoms with E-state index in [-0.39, 0.29) is 6.10 Å². The second kappa shape index (κ2) is 5.57. The second-order valence-corrected chi connectivity index (χ2v) is 4.98. The third-order valence-electron chi connectivity index (χ3n) is 3.33. The average molecular weight is 277 g/mol. The minimum atomic E-state index is -0.145. The Morgan fingerprint density at radius 2 is 2.16 bits per heavy atom. The van der Waals surface area contributed by atoms with Crippen molar-refractivity contribution in [3.63, 3.8) is 0 Å². The first-order valence-corrected chi connectivity index (χ1v) is 6.83. The van der Waals surface area contributed by atoms with Crippen LogP contribution in [0.5, 0.6) is 5.75 Å². The van der Waals surface area contributed by atoms with Crippen molar-refractivity contribution in [2.24, 2.45) is 0 Å². The lowest BCUT2D eigenvalue weighted by Gasteiger charge is -2.17. The van der Waals surface area contributed by atoms with Crippen LogP contribution in [0.1, 0.15) is 36.9 Å². The van der Waals surface area contributed by atoms with Gasteiger partial charge in [0, 0.05) is 6.54 Å². The number of ether oxygens (including phenoxy) is 1. The molecule has 0 aliphatic heterocycles. The average Bonchev–Trinajstić information content (AvgIpc) is 2.76. The van der Waals surface area contributed by atoms with Crippen molar-refractivity contribution in [3.8, 4) is 5.75 Å². The van der Waals surface area contributed by atoms with Crippen molar-refractivity contribution >= 4 is 12.2 Å². The number of aromatic nitrogens is 3. The lowest BCUT2D eigenvalue weighted by molar-refractivity contribution is 0.209. The summed E-state index contributed by atoms with van der Waals surface area (Å²) in [5.41, 5.74) is 2.38. The van der Waals surface area contributed by atoms with Crippen LogP contribution >= 0.6 is 12.2 Å². The topological polar surface area (TPSA) is 42.8 Å². The van der Waals surface area contributed by atoms with Crippen molar-refractivity contribution in [1.29, 1.82) is 0 Å². The number of aryl methyl sites for hydroxylation is 1. The van der Waals surface area contributed by atoms with Crippen molar-refractivity contribution in [1.82, 2.24) is 14.8 Å². The monoisotopic (exact) mass is 277 g/mol. The molecule has 2 rings (SSSR count). The van der Waals surface area contributed by atoms with E-state index in [1.165, 1.54) is 5.56 Å². The Morgan fingerprint density at radius 1 is 1.42 bits per heavy atom. The van der Waals surface area contributed by atoms with Crippen molar-refractivity contribution < 1.29 is 4.74 Å². The fourth-order valence-electron chi connectivity index (χ4n) is 2.04. The van der Waals surface area contributed by atoms with Gasteiger partial charge in [-0.05, 0) is 57.1 Å². The summed E-state index contributed by atoms with van der Waals surface area (Å²) in [5, 5.41) is 7.07. The molecular formula is C14H19N3OS. The zero-order chi connectivity index (χ0) is 14.0. The lowest BCUT2D eigenvalue weighted by Crippen LogP contribution is -2.12. The standard InChI is InChI=1S/C14H19N3OS/c1-5-17-13(15-16-14(17)19)11(4)18-12-8-6-7-9(2)10(12)3/h6-8,11H,5H2,1-4H3,(H,16,19)/t11-/m1/s1. The maximum Gasteiger partial charge on any atom is 0.195 e. The molecule has 1 N–H and O–H groups in total. The zero-order valence-corrected chi connectivity index (χ0v) is 12.5. The molecular weight excluding hydrogens is 258 g/mol. The van der Waals surface area contributed by atoms with Crippen LogP contribution in [0.4, 0.5) is 0 Å². The van der Waals surface area contributed by atoms with Gasteiger partial charge in [0.05, 0.1) is 0 Å². The molecule has 0 bridgehead atoms. The normalized spacial score (nSPS) is 12.4. The zero-order valence-electron chi connectivity index (χ0n) is 11.7. The van der Waals surface area contributed by atoms with Crippen LogP contribution in [0.25, 0.3) is 0 Å². The van der Waals surface area contributed by atoms with E-state index in [0.29, 0.717) is 4.77 Å². The maximum absolute atomic E-state index is 6.02. The highest BCUT2D eigenvalue weighted by Gasteiger charge is 2.16. The summed E-state index contributed by atoms with van der Waals surface area (Å²) in [7, 11) is 0. The second-order valence-electron chi connectivity index (χ2n) is 4.59. The number of nitrogens with zero attached hydrogens (tertiary/aromatic N) is 2. The van der Waals surface area contributed by atoms with E-state index >= 15 is 0 Å². The van der Waals surface area contributed by atoms with Crippen molar-refractivity contribution in [3.05, 3.63) is 39.9 Å². The summed E-state index contributed by atoms with van der Waals surface area (Å²) >= 11 is 5.19. The van der Waals surface area contributed by atoms with Crippen LogP contribution in [0.15, 0.2) is 18.2 Å². The van der Waals surface area contributed by atoms with Crippen LogP contribution in [-0.4, -0.2) is 14.8 Å². The molecule has 1 heterocycles. The molecule has 0 spiro atoms. The lowest BCUT2D eigenvalue weighted by atomic mass is 10.1. The van der Waals surface area contributed by atoms with Crippen molar-refractivity contribution in [2.45, 2.75) is 40.3 Å². The summed E-state index contributed by atoms with van der Waals surface area (Å²) in [6.45, 7) is 8.95. The summed E-state index contributed by atoms with van der Waals surface area (Å²) in [4.78, 5) is 0. The number of H-pyrrole nitrogens is 1. The van der Waals surface area contributed by atoms with E-state index in [0.717, 1.165) is 23.7 Å². The van der Waals surface area contributed by atoms with E-state index < -0.39 is 0 Å². The summed E-state index contributed by atoms with van der Waals surface area (Å²) in [5.74, 6) is 1.72. The van der Waals surface area contributed by atoms with E-state index in [1.807, 2.05) is 30.5 Å². The highest BCUT2D eigenvalue weighted by atomic mass is 32.1. The Labute approximate surface area is 118 Å². The number of rotatable bonds is 4. The fourth-order valence-corrected chi connectivity index (χ4v) is 2.31. The Bertz CT molecular complexity index is 630. The van der Waals surface area contributed by atoms with Gasteiger partial charge in [-0.25, -0.2) is 0 Å². The van der Waals surface area contributed by atoms with Gasteiger partial charge in [0.2, 0.25) is 0 Å². The largest absolute Gasteiger partial charge is 0.482 e. The Balaban J connectivity index is 2.28. The first kappa shape index (κ1) is 13.8. The molecule has 1 aromatic carbocycles. The van der Waals surface area contributed by atoms with Crippen LogP contribution in [0.2, 0.25) is 0 Å². The molecule has 5 heteroatoms. The third kappa shape index (κ3) is 2.71. The molecule has 0 unspecified atom stereocenters. The minimum Gasteiger partial charge on any atom is -0.482 e. The predicted molar refractivity (Wildman–Crippen MR) is 78.0 cm³/mol. The van der Waals surface area contributed by atoms with Gasteiger partial charge in [0.25, 0.3) is 0 Å². The summed E-state index contributed by atoms with van der Waals surface area (Å²) < 4.78 is 8.60. The highest BCUT2D eigenvalue weighted by molar-refractivity contribution is 7.71. The Kier molecular flexibility index (Phi) is 4.04. The molecule has 0 saturated carbocycles. The fraction of sp³-hybridized carbons (Fsp3) is 0.429. The number of benzene rings is 1. The molecule has 0 aliphatic rings. The highest BCUT2D eigenvalue weighted by Crippen LogP contribution is 2.26. The number of nitrogens with one attached hydrogen (secondary N) is 1. The van der Waals surface area contributed by atoms with Gasteiger partial charge in [-0.2, -0.15) is 5.10 Å². The summed E-state index contributed by atoms with van der Waals surface area (Å²) in [6, 6.07) is 6.06. The number of hydrogen-bond donors (Lipinski definition) is 1. The van der Waals surface area contributed by atoms with Gasteiger partial charge < -0.3 is 9.30 Å². The van der Waals surface area contributed by atoms with E-state index in [4.69, 9.17) is 17.0 Å². The van der Waals surface area contributed by atoms with Crippen LogP contribution < -0.4 is 4.74 Å². The van der Waals surface area contributed by atoms with Gasteiger partial charge in [0.1, 0.15) is 5.75 Å². The predicted octanol–water partition coefficient (Wildman–Crippen LogP) is 3.72. The van der Waals surface area contributed by atoms with Crippen LogP contribution in [0, 0.1) is 18.6 Å². The number of hydrogen-bond acceptors (Lipinski definition) is 3. The third-order valence-corrected chi connectivity index (χ3v) is 3.64. The van der Waals surface area contributed by atoms with Gasteiger partial charge in [-0.15, -0.1) is 0 Å². The number of aromatic amines is 1. The van der Waals surface area contributed by atoms with E-state index in [1.54, 1.807) is 0 Å². The van der Waals surface area contributed by atoms with Crippen LogP contribution in [-0.2, 0) is 6.54 Å². The quantitative estimate of drug-likeness (QED) is 0.866. The molecule has 0 amide bonds. The van der Waals surface area contributed by atoms with Gasteiger partial charge >= 0.3 is 0 Å².